The topological polar surface area (TPSA) is 28.2 Å². The van der Waals surface area contributed by atoms with E-state index < -0.39 is 0 Å². The van der Waals surface area contributed by atoms with E-state index in [0.717, 1.165) is 25.2 Å². The molecule has 1 N–H and O–H groups in total. The molecule has 0 aliphatic carbocycles. The van der Waals surface area contributed by atoms with Gasteiger partial charge in [0.15, 0.2) is 0 Å². The molecule has 1 unspecified atom stereocenters. The molecule has 4 heteroatoms. The SMILES string of the molecule is CC1CN(Cc2nc3ccccc3s2)C(C)(C)CN1. The number of aromatic nitrogens is 1. The van der Waals surface area contributed by atoms with Crippen molar-refractivity contribution in [1.82, 2.24) is 15.2 Å². The summed E-state index contributed by atoms with van der Waals surface area (Å²) in [4.78, 5) is 7.30. The number of hydrogen-bond acceptors (Lipinski definition) is 4. The van der Waals surface area contributed by atoms with Crippen LogP contribution in [0.4, 0.5) is 0 Å². The Morgan fingerprint density at radius 3 is 3.00 bits per heavy atom. The molecule has 1 aromatic heterocycles. The molecule has 1 saturated heterocycles. The Morgan fingerprint density at radius 2 is 2.21 bits per heavy atom. The summed E-state index contributed by atoms with van der Waals surface area (Å²) in [7, 11) is 0. The molecule has 0 amide bonds. The zero-order valence-electron chi connectivity index (χ0n) is 11.8. The summed E-state index contributed by atoms with van der Waals surface area (Å²) in [5.74, 6) is 0. The molecule has 0 bridgehead atoms. The van der Waals surface area contributed by atoms with Gasteiger partial charge in [-0.15, -0.1) is 11.3 Å². The van der Waals surface area contributed by atoms with E-state index in [9.17, 15) is 0 Å². The number of benzene rings is 1. The number of fused-ring (bicyclic) bond motifs is 1. The molecule has 1 aromatic carbocycles. The average molecular weight is 275 g/mol. The van der Waals surface area contributed by atoms with Crippen LogP contribution in [0, 0.1) is 0 Å². The normalized spacial score (nSPS) is 23.8. The summed E-state index contributed by atoms with van der Waals surface area (Å²) in [5.41, 5.74) is 1.33. The van der Waals surface area contributed by atoms with Crippen LogP contribution in [-0.4, -0.2) is 34.6 Å². The lowest BCUT2D eigenvalue weighted by Gasteiger charge is -2.45. The molecule has 0 saturated carbocycles. The Kier molecular flexibility index (Phi) is 3.33. The fraction of sp³-hybridized carbons (Fsp3) is 0.533. The van der Waals surface area contributed by atoms with Gasteiger partial charge in [-0.1, -0.05) is 12.1 Å². The minimum absolute atomic E-state index is 0.199. The van der Waals surface area contributed by atoms with Crippen molar-refractivity contribution in [3.05, 3.63) is 29.3 Å². The maximum Gasteiger partial charge on any atom is 0.108 e. The van der Waals surface area contributed by atoms with Gasteiger partial charge < -0.3 is 5.32 Å². The summed E-state index contributed by atoms with van der Waals surface area (Å²) in [6.07, 6.45) is 0. The quantitative estimate of drug-likeness (QED) is 0.913. The molecule has 0 spiro atoms. The van der Waals surface area contributed by atoms with Crippen molar-refractivity contribution in [2.75, 3.05) is 13.1 Å². The zero-order chi connectivity index (χ0) is 13.5. The number of piperazine rings is 1. The molecule has 1 aliphatic heterocycles. The lowest BCUT2D eigenvalue weighted by atomic mass is 9.98. The highest BCUT2D eigenvalue weighted by Gasteiger charge is 2.32. The van der Waals surface area contributed by atoms with Crippen molar-refractivity contribution in [3.8, 4) is 0 Å². The monoisotopic (exact) mass is 275 g/mol. The zero-order valence-corrected chi connectivity index (χ0v) is 12.6. The van der Waals surface area contributed by atoms with Gasteiger partial charge in [0, 0.05) is 24.7 Å². The van der Waals surface area contributed by atoms with Crippen molar-refractivity contribution in [2.45, 2.75) is 38.9 Å². The van der Waals surface area contributed by atoms with Gasteiger partial charge in [0.2, 0.25) is 0 Å². The predicted octanol–water partition coefficient (Wildman–Crippen LogP) is 2.87. The maximum absolute atomic E-state index is 4.75. The van der Waals surface area contributed by atoms with E-state index in [0.29, 0.717) is 6.04 Å². The minimum atomic E-state index is 0.199. The van der Waals surface area contributed by atoms with E-state index >= 15 is 0 Å². The molecule has 1 atom stereocenters. The molecule has 2 aromatic rings. The lowest BCUT2D eigenvalue weighted by Crippen LogP contribution is -2.60. The van der Waals surface area contributed by atoms with Crippen molar-refractivity contribution in [3.63, 3.8) is 0 Å². The van der Waals surface area contributed by atoms with Crippen LogP contribution < -0.4 is 5.32 Å². The fourth-order valence-electron chi connectivity index (χ4n) is 2.61. The number of rotatable bonds is 2. The van der Waals surface area contributed by atoms with E-state index in [2.05, 4.69) is 55.3 Å². The van der Waals surface area contributed by atoms with Crippen LogP contribution >= 0.6 is 11.3 Å². The molecule has 3 nitrogen and oxygen atoms in total. The first-order chi connectivity index (χ1) is 9.04. The highest BCUT2D eigenvalue weighted by Crippen LogP contribution is 2.26. The Labute approximate surface area is 118 Å². The second kappa shape index (κ2) is 4.85. The third kappa shape index (κ3) is 2.66. The molecular formula is C15H21N3S. The Balaban J connectivity index is 1.83. The molecule has 1 fully saturated rings. The van der Waals surface area contributed by atoms with Crippen LogP contribution in [0.15, 0.2) is 24.3 Å². The molecular weight excluding hydrogens is 254 g/mol. The number of thiazole rings is 1. The van der Waals surface area contributed by atoms with Gasteiger partial charge in [-0.25, -0.2) is 4.98 Å². The van der Waals surface area contributed by atoms with Crippen LogP contribution in [0.2, 0.25) is 0 Å². The van der Waals surface area contributed by atoms with Gasteiger partial charge in [-0.05, 0) is 32.9 Å². The first kappa shape index (κ1) is 13.0. The number of para-hydroxylation sites is 1. The van der Waals surface area contributed by atoms with Gasteiger partial charge >= 0.3 is 0 Å². The summed E-state index contributed by atoms with van der Waals surface area (Å²) >= 11 is 1.82. The van der Waals surface area contributed by atoms with Crippen LogP contribution in [0.1, 0.15) is 25.8 Å². The smallest absolute Gasteiger partial charge is 0.108 e. The number of hydrogen-bond donors (Lipinski definition) is 1. The summed E-state index contributed by atoms with van der Waals surface area (Å²) in [6, 6.07) is 8.95. The van der Waals surface area contributed by atoms with E-state index in [1.165, 1.54) is 9.71 Å². The maximum atomic E-state index is 4.75. The van der Waals surface area contributed by atoms with E-state index in [-0.39, 0.29) is 5.54 Å². The summed E-state index contributed by atoms with van der Waals surface area (Å²) in [6.45, 7) is 9.94. The second-order valence-electron chi connectivity index (χ2n) is 6.05. The van der Waals surface area contributed by atoms with Gasteiger partial charge in [0.05, 0.1) is 16.8 Å². The third-order valence-electron chi connectivity index (χ3n) is 3.90. The van der Waals surface area contributed by atoms with Gasteiger partial charge in [0.1, 0.15) is 5.01 Å². The van der Waals surface area contributed by atoms with Crippen LogP contribution in [0.25, 0.3) is 10.2 Å². The second-order valence-corrected chi connectivity index (χ2v) is 7.17. The van der Waals surface area contributed by atoms with E-state index in [4.69, 9.17) is 4.98 Å². The van der Waals surface area contributed by atoms with Crippen LogP contribution in [-0.2, 0) is 6.54 Å². The number of nitrogens with one attached hydrogen (secondary N) is 1. The highest BCUT2D eigenvalue weighted by molar-refractivity contribution is 7.18. The molecule has 0 radical (unpaired) electrons. The molecule has 3 rings (SSSR count). The summed E-state index contributed by atoms with van der Waals surface area (Å²) < 4.78 is 1.29. The van der Waals surface area contributed by atoms with Crippen LogP contribution in [0.5, 0.6) is 0 Å². The van der Waals surface area contributed by atoms with Crippen molar-refractivity contribution in [2.24, 2.45) is 0 Å². The van der Waals surface area contributed by atoms with Gasteiger partial charge in [-0.2, -0.15) is 0 Å². The first-order valence-corrected chi connectivity index (χ1v) is 7.69. The standard InChI is InChI=1S/C15H21N3S/c1-11-8-18(15(2,3)10-16-11)9-14-17-12-6-4-5-7-13(12)19-14/h4-7,11,16H,8-10H2,1-3H3. The summed E-state index contributed by atoms with van der Waals surface area (Å²) in [5, 5.41) is 4.78. The fourth-order valence-corrected chi connectivity index (χ4v) is 3.59. The Morgan fingerprint density at radius 1 is 1.42 bits per heavy atom. The van der Waals surface area contributed by atoms with Crippen LogP contribution in [0.3, 0.4) is 0 Å². The first-order valence-electron chi connectivity index (χ1n) is 6.87. The molecule has 2 heterocycles. The van der Waals surface area contributed by atoms with Crippen molar-refractivity contribution < 1.29 is 0 Å². The predicted molar refractivity (Wildman–Crippen MR) is 81.6 cm³/mol. The molecule has 102 valence electrons. The third-order valence-corrected chi connectivity index (χ3v) is 4.92. The van der Waals surface area contributed by atoms with Crippen molar-refractivity contribution >= 4 is 21.6 Å². The Hall–Kier alpha value is -0.970. The number of nitrogens with zero attached hydrogens (tertiary/aromatic N) is 2. The van der Waals surface area contributed by atoms with Gasteiger partial charge in [0.25, 0.3) is 0 Å². The van der Waals surface area contributed by atoms with E-state index in [1.807, 2.05) is 11.3 Å². The average Bonchev–Trinajstić information content (AvgIpc) is 2.76. The minimum Gasteiger partial charge on any atom is -0.311 e. The van der Waals surface area contributed by atoms with E-state index in [1.54, 1.807) is 0 Å². The van der Waals surface area contributed by atoms with Crippen molar-refractivity contribution in [1.29, 1.82) is 0 Å². The molecule has 1 aliphatic rings. The lowest BCUT2D eigenvalue weighted by molar-refractivity contribution is 0.0626. The molecule has 19 heavy (non-hydrogen) atoms. The Bertz CT molecular complexity index is 543. The van der Waals surface area contributed by atoms with Gasteiger partial charge in [-0.3, -0.25) is 4.90 Å². The highest BCUT2D eigenvalue weighted by atomic mass is 32.1. The largest absolute Gasteiger partial charge is 0.311 e.